The van der Waals surface area contributed by atoms with Crippen LogP contribution in [0.25, 0.3) is 11.0 Å². The minimum Gasteiger partial charge on any atom is -0.464 e. The molecule has 2 aliphatic rings. The predicted octanol–water partition coefficient (Wildman–Crippen LogP) is 2.71. The first kappa shape index (κ1) is 26.3. The third-order valence-corrected chi connectivity index (χ3v) is 6.46. The number of amides is 1. The van der Waals surface area contributed by atoms with Crippen molar-refractivity contribution in [3.05, 3.63) is 58.2 Å². The summed E-state index contributed by atoms with van der Waals surface area (Å²) < 4.78 is 28.7. The first-order valence-corrected chi connectivity index (χ1v) is 12.7. The van der Waals surface area contributed by atoms with Crippen LogP contribution in [-0.4, -0.2) is 63.5 Å². The van der Waals surface area contributed by atoms with Gasteiger partial charge in [0.1, 0.15) is 5.58 Å². The molecule has 36 heavy (non-hydrogen) atoms. The number of nitrogens with one attached hydrogen (secondary N) is 1. The molecule has 4 rings (SSSR count). The Morgan fingerprint density at radius 3 is 2.67 bits per heavy atom. The van der Waals surface area contributed by atoms with E-state index in [0.717, 1.165) is 12.8 Å². The minimum absolute atomic E-state index is 0.0334. The van der Waals surface area contributed by atoms with Gasteiger partial charge in [0.25, 0.3) is 5.91 Å². The Balaban J connectivity index is 1.59. The van der Waals surface area contributed by atoms with Crippen molar-refractivity contribution < 1.29 is 33.3 Å². The van der Waals surface area contributed by atoms with E-state index in [0.29, 0.717) is 61.8 Å². The molecule has 9 nitrogen and oxygen atoms in total. The lowest BCUT2D eigenvalue weighted by atomic mass is 9.81. The van der Waals surface area contributed by atoms with E-state index in [2.05, 4.69) is 5.32 Å². The smallest absolute Gasteiger partial charge is 0.286 e. The number of ether oxygens (including phenoxy) is 4. The molecule has 0 bridgehead atoms. The number of fused-ring (bicyclic) bond motifs is 1. The number of hydrogen-bond acceptors (Lipinski definition) is 8. The van der Waals surface area contributed by atoms with Gasteiger partial charge in [-0.05, 0) is 50.3 Å². The van der Waals surface area contributed by atoms with Crippen LogP contribution >= 0.6 is 0 Å². The van der Waals surface area contributed by atoms with Crippen molar-refractivity contribution in [2.75, 3.05) is 46.2 Å². The van der Waals surface area contributed by atoms with Crippen LogP contribution in [0.4, 0.5) is 0 Å². The van der Waals surface area contributed by atoms with Gasteiger partial charge in [-0.15, -0.1) is 0 Å². The van der Waals surface area contributed by atoms with Crippen molar-refractivity contribution in [1.82, 2.24) is 5.32 Å². The van der Waals surface area contributed by atoms with Gasteiger partial charge in [0.05, 0.1) is 38.1 Å². The Hall–Kier alpha value is -2.72. The number of aliphatic hydroxyl groups excluding tert-OH is 1. The molecule has 1 aliphatic carbocycles. The van der Waals surface area contributed by atoms with E-state index >= 15 is 0 Å². The van der Waals surface area contributed by atoms with Gasteiger partial charge in [-0.3, -0.25) is 9.59 Å². The van der Waals surface area contributed by atoms with E-state index in [1.54, 1.807) is 24.3 Å². The Kier molecular flexibility index (Phi) is 9.52. The first-order valence-electron chi connectivity index (χ1n) is 12.7. The van der Waals surface area contributed by atoms with Crippen molar-refractivity contribution in [2.45, 2.75) is 38.4 Å². The predicted molar refractivity (Wildman–Crippen MR) is 132 cm³/mol. The Labute approximate surface area is 210 Å². The highest BCUT2D eigenvalue weighted by molar-refractivity contribution is 5.91. The van der Waals surface area contributed by atoms with E-state index in [9.17, 15) is 9.59 Å². The van der Waals surface area contributed by atoms with Gasteiger partial charge in [-0.2, -0.15) is 0 Å². The molecule has 2 N–H and O–H groups in total. The van der Waals surface area contributed by atoms with Crippen LogP contribution in [0.3, 0.4) is 0 Å². The van der Waals surface area contributed by atoms with E-state index < -0.39 is 12.2 Å². The van der Waals surface area contributed by atoms with Crippen molar-refractivity contribution >= 4 is 16.9 Å². The van der Waals surface area contributed by atoms with Crippen molar-refractivity contribution in [2.24, 2.45) is 11.8 Å². The number of hydrogen-bond donors (Lipinski definition) is 2. The van der Waals surface area contributed by atoms with Crippen LogP contribution in [0, 0.1) is 11.8 Å². The molecule has 0 spiro atoms. The summed E-state index contributed by atoms with van der Waals surface area (Å²) in [5.74, 6) is -0.381. The Bertz CT molecular complexity index is 1090. The molecule has 1 amide bonds. The maximum absolute atomic E-state index is 13.5. The molecule has 1 aromatic carbocycles. The second-order valence-corrected chi connectivity index (χ2v) is 9.07. The molecule has 0 radical (unpaired) electrons. The van der Waals surface area contributed by atoms with Crippen molar-refractivity contribution in [3.63, 3.8) is 0 Å². The molecular formula is C27H35NO8. The molecule has 1 fully saturated rings. The molecule has 196 valence electrons. The fraction of sp³-hybridized carbons (Fsp3) is 0.556. The third-order valence-electron chi connectivity index (χ3n) is 6.46. The van der Waals surface area contributed by atoms with Gasteiger partial charge in [0.2, 0.25) is 6.29 Å². The summed E-state index contributed by atoms with van der Waals surface area (Å²) in [6.07, 6.45) is 5.23. The summed E-state index contributed by atoms with van der Waals surface area (Å²) in [6.45, 7) is 4.22. The summed E-state index contributed by atoms with van der Waals surface area (Å²) in [5.41, 5.74) is 0.815. The van der Waals surface area contributed by atoms with Gasteiger partial charge >= 0.3 is 0 Å². The number of rotatable bonds is 14. The number of benzene rings is 1. The average Bonchev–Trinajstić information content (AvgIpc) is 3.72. The summed E-state index contributed by atoms with van der Waals surface area (Å²) in [7, 11) is 0. The number of carbonyl (C=O) groups excluding carboxylic acids is 1. The number of carbonyl (C=O) groups is 1. The van der Waals surface area contributed by atoms with Crippen molar-refractivity contribution in [3.8, 4) is 0 Å². The zero-order valence-electron chi connectivity index (χ0n) is 20.6. The van der Waals surface area contributed by atoms with Gasteiger partial charge in [0.15, 0.2) is 11.2 Å². The topological polar surface area (TPSA) is 116 Å². The zero-order valence-corrected chi connectivity index (χ0v) is 20.6. The molecular weight excluding hydrogens is 466 g/mol. The summed E-state index contributed by atoms with van der Waals surface area (Å²) in [4.78, 5) is 26.4. The standard InChI is InChI=1S/C27H35NO8/c1-2-34-27-19(9-11-32-13-14-33-12-10-29)21(15-24(36-27)26(31)28-16-18-7-8-18)22-17-35-23-6-4-3-5-20(23)25(22)30/h3-6,15,17-19,21,27,29H,2,7-14,16H2,1H3,(H,28,31). The fourth-order valence-electron chi connectivity index (χ4n) is 4.37. The molecule has 1 saturated carbocycles. The van der Waals surface area contributed by atoms with Crippen LogP contribution in [0.5, 0.6) is 0 Å². The highest BCUT2D eigenvalue weighted by atomic mass is 16.7. The SMILES string of the molecule is CCOC1OC(C(=O)NCC2CC2)=CC(c2coc3ccccc3c2=O)C1CCOCCOCCO. The van der Waals surface area contributed by atoms with E-state index in [-0.39, 0.29) is 36.2 Å². The lowest BCUT2D eigenvalue weighted by molar-refractivity contribution is -0.168. The summed E-state index contributed by atoms with van der Waals surface area (Å²) in [6, 6.07) is 7.11. The molecule has 2 heterocycles. The van der Waals surface area contributed by atoms with Crippen LogP contribution < -0.4 is 10.7 Å². The van der Waals surface area contributed by atoms with Crippen LogP contribution in [-0.2, 0) is 23.7 Å². The van der Waals surface area contributed by atoms with Gasteiger partial charge in [-0.1, -0.05) is 12.1 Å². The van der Waals surface area contributed by atoms with E-state index in [1.807, 2.05) is 13.0 Å². The van der Waals surface area contributed by atoms with Crippen LogP contribution in [0.1, 0.15) is 37.7 Å². The molecule has 0 saturated heterocycles. The highest BCUT2D eigenvalue weighted by Gasteiger charge is 2.39. The lowest BCUT2D eigenvalue weighted by Crippen LogP contribution is -2.40. The molecule has 1 aliphatic heterocycles. The summed E-state index contributed by atoms with van der Waals surface area (Å²) in [5, 5.41) is 12.2. The number of para-hydroxylation sites is 1. The zero-order chi connectivity index (χ0) is 25.3. The summed E-state index contributed by atoms with van der Waals surface area (Å²) >= 11 is 0. The lowest BCUT2D eigenvalue weighted by Gasteiger charge is -2.36. The largest absolute Gasteiger partial charge is 0.464 e. The van der Waals surface area contributed by atoms with E-state index in [1.165, 1.54) is 6.26 Å². The maximum atomic E-state index is 13.5. The minimum atomic E-state index is -0.730. The molecule has 9 heteroatoms. The quantitative estimate of drug-likeness (QED) is 0.380. The molecule has 1 aromatic heterocycles. The van der Waals surface area contributed by atoms with Gasteiger partial charge in [0, 0.05) is 37.2 Å². The first-order chi connectivity index (χ1) is 17.6. The fourth-order valence-corrected chi connectivity index (χ4v) is 4.37. The molecule has 3 unspecified atom stereocenters. The van der Waals surface area contributed by atoms with E-state index in [4.69, 9.17) is 28.5 Å². The van der Waals surface area contributed by atoms with Crippen LogP contribution in [0.2, 0.25) is 0 Å². The normalized spacial score (nSPS) is 21.7. The third kappa shape index (κ3) is 6.73. The highest BCUT2D eigenvalue weighted by Crippen LogP contribution is 2.38. The number of allylic oxidation sites excluding steroid dienone is 1. The van der Waals surface area contributed by atoms with Crippen molar-refractivity contribution in [1.29, 1.82) is 0 Å². The Morgan fingerprint density at radius 2 is 1.92 bits per heavy atom. The second kappa shape index (κ2) is 13.0. The van der Waals surface area contributed by atoms with Gasteiger partial charge < -0.3 is 33.8 Å². The van der Waals surface area contributed by atoms with Gasteiger partial charge in [-0.25, -0.2) is 0 Å². The number of aliphatic hydroxyl groups is 1. The molecule has 3 atom stereocenters. The second-order valence-electron chi connectivity index (χ2n) is 9.07. The van der Waals surface area contributed by atoms with Crippen LogP contribution in [0.15, 0.2) is 51.6 Å². The average molecular weight is 502 g/mol. The molecule has 2 aromatic rings. The monoisotopic (exact) mass is 501 g/mol. The maximum Gasteiger partial charge on any atom is 0.286 e. The Morgan fingerprint density at radius 1 is 1.14 bits per heavy atom.